The SMILES string of the molecule is CNC1CCCC1Sc1ncco1. The topological polar surface area (TPSA) is 38.1 Å². The van der Waals surface area contributed by atoms with Crippen molar-refractivity contribution in [1.82, 2.24) is 10.3 Å². The fourth-order valence-electron chi connectivity index (χ4n) is 1.80. The Morgan fingerprint density at radius 1 is 1.62 bits per heavy atom. The molecule has 1 aromatic rings. The normalized spacial score (nSPS) is 28.1. The Bertz CT molecular complexity index is 250. The molecule has 3 nitrogen and oxygen atoms in total. The van der Waals surface area contributed by atoms with Crippen molar-refractivity contribution in [3.8, 4) is 0 Å². The summed E-state index contributed by atoms with van der Waals surface area (Å²) in [6.45, 7) is 0. The molecule has 1 saturated carbocycles. The van der Waals surface area contributed by atoms with Gasteiger partial charge in [-0.05, 0) is 19.9 Å². The number of thioether (sulfide) groups is 1. The molecule has 1 heterocycles. The van der Waals surface area contributed by atoms with Gasteiger partial charge in [-0.1, -0.05) is 18.2 Å². The Kier molecular flexibility index (Phi) is 2.90. The summed E-state index contributed by atoms with van der Waals surface area (Å²) >= 11 is 1.75. The van der Waals surface area contributed by atoms with Crippen LogP contribution in [-0.4, -0.2) is 23.3 Å². The van der Waals surface area contributed by atoms with E-state index in [4.69, 9.17) is 4.42 Å². The first-order chi connectivity index (χ1) is 6.40. The lowest BCUT2D eigenvalue weighted by Crippen LogP contribution is -2.30. The molecular weight excluding hydrogens is 184 g/mol. The fraction of sp³-hybridized carbons (Fsp3) is 0.667. The highest BCUT2D eigenvalue weighted by atomic mass is 32.2. The van der Waals surface area contributed by atoms with Crippen LogP contribution < -0.4 is 5.32 Å². The van der Waals surface area contributed by atoms with Gasteiger partial charge in [0.2, 0.25) is 0 Å². The van der Waals surface area contributed by atoms with Crippen LogP contribution in [0.15, 0.2) is 22.1 Å². The van der Waals surface area contributed by atoms with Crippen LogP contribution in [0.25, 0.3) is 0 Å². The molecule has 0 amide bonds. The smallest absolute Gasteiger partial charge is 0.255 e. The Morgan fingerprint density at radius 2 is 2.54 bits per heavy atom. The van der Waals surface area contributed by atoms with E-state index < -0.39 is 0 Å². The first-order valence-electron chi connectivity index (χ1n) is 4.63. The van der Waals surface area contributed by atoms with Gasteiger partial charge in [0.1, 0.15) is 6.26 Å². The van der Waals surface area contributed by atoms with Crippen LogP contribution in [0.3, 0.4) is 0 Å². The van der Waals surface area contributed by atoms with Gasteiger partial charge in [0.05, 0.1) is 6.20 Å². The van der Waals surface area contributed by atoms with Crippen molar-refractivity contribution in [2.45, 2.75) is 35.8 Å². The van der Waals surface area contributed by atoms with Crippen LogP contribution in [-0.2, 0) is 0 Å². The summed E-state index contributed by atoms with van der Waals surface area (Å²) in [5, 5.41) is 4.76. The summed E-state index contributed by atoms with van der Waals surface area (Å²) in [5.41, 5.74) is 0. The lowest BCUT2D eigenvalue weighted by Gasteiger charge is -2.15. The molecule has 0 bridgehead atoms. The molecule has 1 aromatic heterocycles. The molecule has 4 heteroatoms. The number of nitrogens with one attached hydrogen (secondary N) is 1. The van der Waals surface area contributed by atoms with Crippen molar-refractivity contribution in [2.24, 2.45) is 0 Å². The zero-order chi connectivity index (χ0) is 9.10. The van der Waals surface area contributed by atoms with Gasteiger partial charge in [-0.3, -0.25) is 0 Å². The standard InChI is InChI=1S/C9H14N2OS/c1-10-7-3-2-4-8(7)13-9-11-5-6-12-9/h5-8,10H,2-4H2,1H3. The maximum absolute atomic E-state index is 5.21. The number of hydrogen-bond donors (Lipinski definition) is 1. The zero-order valence-corrected chi connectivity index (χ0v) is 8.51. The fourth-order valence-corrected chi connectivity index (χ4v) is 3.01. The molecule has 0 spiro atoms. The maximum atomic E-state index is 5.21. The zero-order valence-electron chi connectivity index (χ0n) is 7.69. The number of rotatable bonds is 3. The average Bonchev–Trinajstić information content (AvgIpc) is 2.76. The van der Waals surface area contributed by atoms with Crippen LogP contribution >= 0.6 is 11.8 Å². The molecule has 2 rings (SSSR count). The van der Waals surface area contributed by atoms with E-state index in [1.165, 1.54) is 19.3 Å². The Balaban J connectivity index is 1.94. The minimum absolute atomic E-state index is 0.622. The van der Waals surface area contributed by atoms with E-state index in [9.17, 15) is 0 Å². The van der Waals surface area contributed by atoms with E-state index >= 15 is 0 Å². The second kappa shape index (κ2) is 4.15. The minimum atomic E-state index is 0.622. The molecule has 2 unspecified atom stereocenters. The van der Waals surface area contributed by atoms with Gasteiger partial charge in [-0.15, -0.1) is 0 Å². The van der Waals surface area contributed by atoms with Gasteiger partial charge < -0.3 is 9.73 Å². The number of hydrogen-bond acceptors (Lipinski definition) is 4. The molecule has 13 heavy (non-hydrogen) atoms. The van der Waals surface area contributed by atoms with Crippen molar-refractivity contribution >= 4 is 11.8 Å². The molecule has 0 aromatic carbocycles. The van der Waals surface area contributed by atoms with Crippen LogP contribution in [0.5, 0.6) is 0 Å². The molecule has 1 fully saturated rings. The predicted molar refractivity (Wildman–Crippen MR) is 52.8 cm³/mol. The van der Waals surface area contributed by atoms with E-state index in [2.05, 4.69) is 10.3 Å². The second-order valence-electron chi connectivity index (χ2n) is 3.28. The van der Waals surface area contributed by atoms with Crippen molar-refractivity contribution < 1.29 is 4.42 Å². The minimum Gasteiger partial charge on any atom is -0.440 e. The third kappa shape index (κ3) is 2.06. The highest BCUT2D eigenvalue weighted by Crippen LogP contribution is 2.33. The molecule has 1 N–H and O–H groups in total. The van der Waals surface area contributed by atoms with E-state index in [1.54, 1.807) is 24.2 Å². The summed E-state index contributed by atoms with van der Waals surface area (Å²) < 4.78 is 5.21. The Labute approximate surface area is 82.3 Å². The summed E-state index contributed by atoms with van der Waals surface area (Å²) in [6, 6.07) is 0.622. The van der Waals surface area contributed by atoms with E-state index in [-0.39, 0.29) is 0 Å². The van der Waals surface area contributed by atoms with Gasteiger partial charge >= 0.3 is 0 Å². The number of oxazole rings is 1. The first-order valence-corrected chi connectivity index (χ1v) is 5.51. The summed E-state index contributed by atoms with van der Waals surface area (Å²) in [4.78, 5) is 4.12. The summed E-state index contributed by atoms with van der Waals surface area (Å²) in [5.74, 6) is 0. The second-order valence-corrected chi connectivity index (χ2v) is 4.47. The Morgan fingerprint density at radius 3 is 3.23 bits per heavy atom. The average molecular weight is 198 g/mol. The Hall–Kier alpha value is -0.480. The highest BCUT2D eigenvalue weighted by Gasteiger charge is 2.27. The lowest BCUT2D eigenvalue weighted by atomic mass is 10.2. The van der Waals surface area contributed by atoms with Gasteiger partial charge in [0.15, 0.2) is 0 Å². The largest absolute Gasteiger partial charge is 0.440 e. The third-order valence-corrected chi connectivity index (χ3v) is 3.76. The third-order valence-electron chi connectivity index (χ3n) is 2.49. The van der Waals surface area contributed by atoms with Gasteiger partial charge in [-0.2, -0.15) is 0 Å². The molecule has 0 radical (unpaired) electrons. The molecule has 72 valence electrons. The number of aromatic nitrogens is 1. The van der Waals surface area contributed by atoms with Crippen molar-refractivity contribution in [3.63, 3.8) is 0 Å². The van der Waals surface area contributed by atoms with Gasteiger partial charge in [0.25, 0.3) is 5.22 Å². The van der Waals surface area contributed by atoms with Crippen LogP contribution in [0.4, 0.5) is 0 Å². The lowest BCUT2D eigenvalue weighted by molar-refractivity contribution is 0.451. The van der Waals surface area contributed by atoms with Gasteiger partial charge in [0, 0.05) is 11.3 Å². The molecule has 1 aliphatic carbocycles. The van der Waals surface area contributed by atoms with E-state index in [0.29, 0.717) is 11.3 Å². The quantitative estimate of drug-likeness (QED) is 0.805. The summed E-state index contributed by atoms with van der Waals surface area (Å²) in [6.07, 6.45) is 7.18. The van der Waals surface area contributed by atoms with Crippen molar-refractivity contribution in [3.05, 3.63) is 12.5 Å². The molecule has 2 atom stereocenters. The predicted octanol–water partition coefficient (Wildman–Crippen LogP) is 1.91. The van der Waals surface area contributed by atoms with Crippen LogP contribution in [0.1, 0.15) is 19.3 Å². The maximum Gasteiger partial charge on any atom is 0.255 e. The number of nitrogens with zero attached hydrogens (tertiary/aromatic N) is 1. The van der Waals surface area contributed by atoms with Gasteiger partial charge in [-0.25, -0.2) is 4.98 Å². The van der Waals surface area contributed by atoms with Crippen molar-refractivity contribution in [1.29, 1.82) is 0 Å². The molecule has 1 aliphatic rings. The van der Waals surface area contributed by atoms with Crippen molar-refractivity contribution in [2.75, 3.05) is 7.05 Å². The molecule has 0 aliphatic heterocycles. The van der Waals surface area contributed by atoms with Crippen LogP contribution in [0, 0.1) is 0 Å². The summed E-state index contributed by atoms with van der Waals surface area (Å²) in [7, 11) is 2.03. The molecule has 0 saturated heterocycles. The van der Waals surface area contributed by atoms with E-state index in [0.717, 1.165) is 5.22 Å². The monoisotopic (exact) mass is 198 g/mol. The van der Waals surface area contributed by atoms with Crippen LogP contribution in [0.2, 0.25) is 0 Å². The first kappa shape index (κ1) is 9.09. The molecular formula is C9H14N2OS. The van der Waals surface area contributed by atoms with E-state index in [1.807, 2.05) is 7.05 Å². The highest BCUT2D eigenvalue weighted by molar-refractivity contribution is 7.99.